The van der Waals surface area contributed by atoms with E-state index in [1.54, 1.807) is 6.26 Å². The summed E-state index contributed by atoms with van der Waals surface area (Å²) in [6.07, 6.45) is 8.47. The Hall–Kier alpha value is -0.410. The van der Waals surface area contributed by atoms with Gasteiger partial charge in [0.05, 0.1) is 6.26 Å². The summed E-state index contributed by atoms with van der Waals surface area (Å²) in [7, 11) is 0. The van der Waals surface area contributed by atoms with Crippen LogP contribution in [0.25, 0.3) is 0 Å². The zero-order valence-corrected chi connectivity index (χ0v) is 12.3. The van der Waals surface area contributed by atoms with E-state index >= 15 is 0 Å². The second-order valence-corrected chi connectivity index (χ2v) is 6.74. The third kappa shape index (κ3) is 3.33. The molecular weight excluding hydrogens is 242 g/mol. The van der Waals surface area contributed by atoms with E-state index in [4.69, 9.17) is 10.2 Å². The van der Waals surface area contributed by atoms with Crippen LogP contribution < -0.4 is 5.73 Å². The highest BCUT2D eigenvalue weighted by atomic mass is 32.2. The molecule has 1 saturated carbocycles. The highest BCUT2D eigenvalue weighted by Gasteiger charge is 2.30. The molecule has 18 heavy (non-hydrogen) atoms. The maximum Gasteiger partial charge on any atom is 0.114 e. The molecule has 0 amide bonds. The lowest BCUT2D eigenvalue weighted by Crippen LogP contribution is -2.32. The molecular formula is C15H25NOS. The summed E-state index contributed by atoms with van der Waals surface area (Å²) >= 11 is 1.99. The van der Waals surface area contributed by atoms with E-state index in [1.165, 1.54) is 37.0 Å². The molecule has 2 rings (SSSR count). The Balaban J connectivity index is 2.00. The van der Waals surface area contributed by atoms with Gasteiger partial charge in [0.1, 0.15) is 5.76 Å². The zero-order chi connectivity index (χ0) is 13.0. The van der Waals surface area contributed by atoms with Gasteiger partial charge in [-0.2, -0.15) is 0 Å². The summed E-state index contributed by atoms with van der Waals surface area (Å²) in [5.74, 6) is 2.63. The molecule has 3 heteroatoms. The van der Waals surface area contributed by atoms with Crippen LogP contribution in [0.15, 0.2) is 21.6 Å². The van der Waals surface area contributed by atoms with Gasteiger partial charge < -0.3 is 10.2 Å². The zero-order valence-electron chi connectivity index (χ0n) is 11.5. The summed E-state index contributed by atoms with van der Waals surface area (Å²) in [6, 6.07) is 2.09. The van der Waals surface area contributed by atoms with Crippen molar-refractivity contribution in [1.29, 1.82) is 0 Å². The fourth-order valence-corrected chi connectivity index (χ4v) is 4.50. The second kappa shape index (κ2) is 6.67. The number of hydrogen-bond donors (Lipinski definition) is 1. The fraction of sp³-hybridized carbons (Fsp3) is 0.733. The van der Waals surface area contributed by atoms with Gasteiger partial charge in [0.25, 0.3) is 0 Å². The summed E-state index contributed by atoms with van der Waals surface area (Å²) in [5, 5.41) is 0.677. The van der Waals surface area contributed by atoms with Gasteiger partial charge in [0, 0.05) is 10.1 Å². The predicted octanol–water partition coefficient (Wildman–Crippen LogP) is 4.22. The van der Waals surface area contributed by atoms with E-state index in [0.29, 0.717) is 11.2 Å². The first-order chi connectivity index (χ1) is 8.74. The standard InChI is InChI=1S/C15H25NOS/c1-3-4-12-5-6-13(10-16)15(9-12)18-14-7-8-17-11(14)2/h7-8,12-13,15H,3-6,9-10,16H2,1-2H3. The van der Waals surface area contributed by atoms with Crippen LogP contribution in [-0.2, 0) is 0 Å². The highest BCUT2D eigenvalue weighted by Crippen LogP contribution is 2.41. The smallest absolute Gasteiger partial charge is 0.114 e. The lowest BCUT2D eigenvalue weighted by atomic mass is 9.80. The molecule has 0 spiro atoms. The van der Waals surface area contributed by atoms with E-state index in [2.05, 4.69) is 13.0 Å². The van der Waals surface area contributed by atoms with Crippen LogP contribution >= 0.6 is 11.8 Å². The molecule has 0 saturated heterocycles. The molecule has 1 heterocycles. The van der Waals surface area contributed by atoms with Crippen LogP contribution in [0.2, 0.25) is 0 Å². The Morgan fingerprint density at radius 3 is 2.89 bits per heavy atom. The van der Waals surface area contributed by atoms with E-state index in [0.717, 1.165) is 18.2 Å². The third-order valence-electron chi connectivity index (χ3n) is 4.13. The summed E-state index contributed by atoms with van der Waals surface area (Å²) in [5.41, 5.74) is 5.94. The Morgan fingerprint density at radius 2 is 2.28 bits per heavy atom. The van der Waals surface area contributed by atoms with E-state index in [1.807, 2.05) is 18.7 Å². The summed E-state index contributed by atoms with van der Waals surface area (Å²) in [6.45, 7) is 5.16. The van der Waals surface area contributed by atoms with Gasteiger partial charge in [0.2, 0.25) is 0 Å². The Morgan fingerprint density at radius 1 is 1.44 bits per heavy atom. The number of furan rings is 1. The molecule has 102 valence electrons. The minimum atomic E-state index is 0.677. The molecule has 1 aromatic heterocycles. The van der Waals surface area contributed by atoms with Crippen molar-refractivity contribution in [3.63, 3.8) is 0 Å². The number of aryl methyl sites for hydroxylation is 1. The topological polar surface area (TPSA) is 39.2 Å². The molecule has 1 aliphatic rings. The third-order valence-corrected chi connectivity index (χ3v) is 5.68. The van der Waals surface area contributed by atoms with Crippen molar-refractivity contribution in [2.24, 2.45) is 17.6 Å². The van der Waals surface area contributed by atoms with Gasteiger partial charge in [-0.05, 0) is 44.2 Å². The molecule has 0 aromatic carbocycles. The first-order valence-corrected chi connectivity index (χ1v) is 8.03. The van der Waals surface area contributed by atoms with Gasteiger partial charge in [-0.25, -0.2) is 0 Å². The SMILES string of the molecule is CCCC1CCC(CN)C(Sc2ccoc2C)C1. The summed E-state index contributed by atoms with van der Waals surface area (Å²) in [4.78, 5) is 1.30. The molecule has 0 radical (unpaired) electrons. The average molecular weight is 267 g/mol. The first-order valence-electron chi connectivity index (χ1n) is 7.15. The number of nitrogens with two attached hydrogens (primary N) is 1. The Labute approximate surface area is 115 Å². The highest BCUT2D eigenvalue weighted by molar-refractivity contribution is 8.00. The van der Waals surface area contributed by atoms with Crippen LogP contribution in [0.1, 0.15) is 44.8 Å². The molecule has 2 nitrogen and oxygen atoms in total. The van der Waals surface area contributed by atoms with Crippen LogP contribution in [0, 0.1) is 18.8 Å². The molecule has 1 aromatic rings. The number of thioether (sulfide) groups is 1. The minimum absolute atomic E-state index is 0.677. The molecule has 3 unspecified atom stereocenters. The molecule has 1 fully saturated rings. The maximum atomic E-state index is 5.94. The molecule has 0 aliphatic heterocycles. The van der Waals surface area contributed by atoms with Gasteiger partial charge in [-0.3, -0.25) is 0 Å². The quantitative estimate of drug-likeness (QED) is 0.868. The first kappa shape index (κ1) is 14.0. The van der Waals surface area contributed by atoms with Gasteiger partial charge >= 0.3 is 0 Å². The van der Waals surface area contributed by atoms with Crippen LogP contribution in [0.4, 0.5) is 0 Å². The predicted molar refractivity (Wildman–Crippen MR) is 77.9 cm³/mol. The summed E-state index contributed by atoms with van der Waals surface area (Å²) < 4.78 is 5.40. The van der Waals surface area contributed by atoms with Crippen molar-refractivity contribution < 1.29 is 4.42 Å². The monoisotopic (exact) mass is 267 g/mol. The molecule has 2 N–H and O–H groups in total. The Bertz CT molecular complexity index is 363. The van der Waals surface area contributed by atoms with E-state index < -0.39 is 0 Å². The molecule has 3 atom stereocenters. The molecule has 1 aliphatic carbocycles. The van der Waals surface area contributed by atoms with Crippen molar-refractivity contribution in [2.45, 2.75) is 56.1 Å². The largest absolute Gasteiger partial charge is 0.468 e. The average Bonchev–Trinajstić information content (AvgIpc) is 2.76. The van der Waals surface area contributed by atoms with Gasteiger partial charge in [-0.1, -0.05) is 26.2 Å². The van der Waals surface area contributed by atoms with Gasteiger partial charge in [0.15, 0.2) is 0 Å². The lowest BCUT2D eigenvalue weighted by Gasteiger charge is -2.35. The second-order valence-electron chi connectivity index (χ2n) is 5.46. The minimum Gasteiger partial charge on any atom is -0.468 e. The van der Waals surface area contributed by atoms with Crippen molar-refractivity contribution in [3.05, 3.63) is 18.1 Å². The Kier molecular flexibility index (Phi) is 5.19. The number of hydrogen-bond acceptors (Lipinski definition) is 3. The maximum absolute atomic E-state index is 5.94. The molecule has 0 bridgehead atoms. The lowest BCUT2D eigenvalue weighted by molar-refractivity contribution is 0.276. The van der Waals surface area contributed by atoms with Crippen LogP contribution in [0.5, 0.6) is 0 Å². The number of rotatable bonds is 5. The van der Waals surface area contributed by atoms with Crippen molar-refractivity contribution >= 4 is 11.8 Å². The van der Waals surface area contributed by atoms with Gasteiger partial charge in [-0.15, -0.1) is 11.8 Å². The van der Waals surface area contributed by atoms with Crippen LogP contribution in [-0.4, -0.2) is 11.8 Å². The van der Waals surface area contributed by atoms with Crippen molar-refractivity contribution in [3.8, 4) is 0 Å². The van der Waals surface area contributed by atoms with E-state index in [9.17, 15) is 0 Å². The van der Waals surface area contributed by atoms with Crippen molar-refractivity contribution in [2.75, 3.05) is 6.54 Å². The normalized spacial score (nSPS) is 28.5. The van der Waals surface area contributed by atoms with Crippen molar-refractivity contribution in [1.82, 2.24) is 0 Å². The van der Waals surface area contributed by atoms with Crippen LogP contribution in [0.3, 0.4) is 0 Å². The fourth-order valence-electron chi connectivity index (χ4n) is 3.02. The van der Waals surface area contributed by atoms with E-state index in [-0.39, 0.29) is 0 Å².